The molecule has 0 saturated heterocycles. The van der Waals surface area contributed by atoms with E-state index in [1.54, 1.807) is 6.07 Å². The maximum absolute atomic E-state index is 12.3. The monoisotopic (exact) mass is 390 g/mol. The minimum atomic E-state index is -1.18. The second-order valence-electron chi connectivity index (χ2n) is 7.04. The Morgan fingerprint density at radius 2 is 2.07 bits per heavy atom. The van der Waals surface area contributed by atoms with Gasteiger partial charge in [0.1, 0.15) is 6.04 Å². The van der Waals surface area contributed by atoms with Crippen LogP contribution in [0.4, 0.5) is 5.69 Å². The number of hydrogen-bond acceptors (Lipinski definition) is 6. The number of carboxylic acid groups (broad SMARTS) is 1. The van der Waals surface area contributed by atoms with Crippen molar-refractivity contribution in [3.05, 3.63) is 52.3 Å². The number of nitrogens with zero attached hydrogens (tertiary/aromatic N) is 3. The number of nitrogens with one attached hydrogen (secondary N) is 1. The molecule has 1 amide bonds. The van der Waals surface area contributed by atoms with Gasteiger partial charge in [0.25, 0.3) is 11.6 Å². The van der Waals surface area contributed by atoms with E-state index in [9.17, 15) is 24.8 Å². The van der Waals surface area contributed by atoms with Gasteiger partial charge in [-0.25, -0.2) is 9.48 Å². The van der Waals surface area contributed by atoms with E-state index in [0.717, 1.165) is 0 Å². The largest absolute Gasteiger partial charge is 0.480 e. The van der Waals surface area contributed by atoms with Crippen molar-refractivity contribution in [3.63, 3.8) is 0 Å². The molecule has 0 aliphatic carbocycles. The topological polar surface area (TPSA) is 137 Å². The highest BCUT2D eigenvalue weighted by atomic mass is 16.6. The van der Waals surface area contributed by atoms with Gasteiger partial charge in [-0.05, 0) is 32.9 Å². The molecule has 0 aliphatic rings. The maximum Gasteiger partial charge on any atom is 0.326 e. The number of aromatic nitrogens is 2. The van der Waals surface area contributed by atoms with E-state index in [1.807, 2.05) is 20.8 Å². The summed E-state index contributed by atoms with van der Waals surface area (Å²) in [6, 6.07) is 6.04. The number of amides is 1. The molecule has 10 heteroatoms. The molecule has 150 valence electrons. The quantitative estimate of drug-likeness (QED) is 0.520. The highest BCUT2D eigenvalue weighted by Gasteiger charge is 2.23. The normalized spacial score (nSPS) is 12.4. The van der Waals surface area contributed by atoms with Gasteiger partial charge in [0.05, 0.1) is 16.2 Å². The van der Waals surface area contributed by atoms with E-state index in [1.165, 1.54) is 35.1 Å². The predicted octanol–water partition coefficient (Wildman–Crippen LogP) is 2.17. The van der Waals surface area contributed by atoms with Crippen LogP contribution in [0.3, 0.4) is 0 Å². The van der Waals surface area contributed by atoms with Gasteiger partial charge < -0.3 is 15.2 Å². The number of carbonyl (C=O) groups excluding carboxylic acids is 1. The molecule has 0 aliphatic heterocycles. The Hall–Kier alpha value is -3.27. The molecule has 1 aromatic carbocycles. The van der Waals surface area contributed by atoms with Crippen molar-refractivity contribution < 1.29 is 24.4 Å². The maximum atomic E-state index is 12.3. The van der Waals surface area contributed by atoms with E-state index in [-0.39, 0.29) is 24.4 Å². The summed E-state index contributed by atoms with van der Waals surface area (Å²) in [7, 11) is 0. The summed E-state index contributed by atoms with van der Waals surface area (Å²) in [5.41, 5.74) is -0.121. The van der Waals surface area contributed by atoms with Gasteiger partial charge in [0.15, 0.2) is 5.69 Å². The zero-order chi connectivity index (χ0) is 20.9. The van der Waals surface area contributed by atoms with E-state index in [2.05, 4.69) is 10.4 Å². The van der Waals surface area contributed by atoms with Crippen molar-refractivity contribution in [2.75, 3.05) is 6.61 Å². The van der Waals surface area contributed by atoms with Crippen LogP contribution in [0.25, 0.3) is 5.69 Å². The van der Waals surface area contributed by atoms with Crippen LogP contribution in [0, 0.1) is 10.1 Å². The lowest BCUT2D eigenvalue weighted by atomic mass is 10.1. The molecular formula is C18H22N4O6. The third-order valence-electron chi connectivity index (χ3n) is 3.67. The number of aliphatic carboxylic acids is 1. The van der Waals surface area contributed by atoms with E-state index in [0.29, 0.717) is 5.69 Å². The van der Waals surface area contributed by atoms with Crippen molar-refractivity contribution >= 4 is 17.6 Å². The van der Waals surface area contributed by atoms with Crippen LogP contribution in [-0.4, -0.2) is 49.9 Å². The van der Waals surface area contributed by atoms with Crippen LogP contribution in [0.15, 0.2) is 36.5 Å². The summed E-state index contributed by atoms with van der Waals surface area (Å²) in [4.78, 5) is 34.1. The Morgan fingerprint density at radius 3 is 2.68 bits per heavy atom. The molecule has 10 nitrogen and oxygen atoms in total. The number of nitro groups is 1. The lowest BCUT2D eigenvalue weighted by molar-refractivity contribution is -0.384. The van der Waals surface area contributed by atoms with Gasteiger partial charge in [-0.15, -0.1) is 0 Å². The minimum absolute atomic E-state index is 0.00510. The summed E-state index contributed by atoms with van der Waals surface area (Å²) in [6.07, 6.45) is 1.57. The zero-order valence-electron chi connectivity index (χ0n) is 15.8. The van der Waals surface area contributed by atoms with Crippen molar-refractivity contribution in [3.8, 4) is 5.69 Å². The van der Waals surface area contributed by atoms with Crippen molar-refractivity contribution in [2.45, 2.75) is 38.8 Å². The Kier molecular flexibility index (Phi) is 6.47. The number of carbonyl (C=O) groups is 2. The molecule has 0 spiro atoms. The highest BCUT2D eigenvalue weighted by Crippen LogP contribution is 2.16. The molecule has 1 unspecified atom stereocenters. The van der Waals surface area contributed by atoms with Crippen molar-refractivity contribution in [1.82, 2.24) is 15.1 Å². The molecule has 28 heavy (non-hydrogen) atoms. The summed E-state index contributed by atoms with van der Waals surface area (Å²) >= 11 is 0. The van der Waals surface area contributed by atoms with Gasteiger partial charge in [-0.1, -0.05) is 6.07 Å². The Labute approximate surface area is 161 Å². The van der Waals surface area contributed by atoms with Gasteiger partial charge in [0, 0.05) is 31.4 Å². The standard InChI is InChI=1S/C18H22N4O6/c1-18(2,3)28-10-8-15(17(24)25)19-16(23)14-7-9-21(20-14)12-5-4-6-13(11-12)22(26)27/h4-7,9,11,15H,8,10H2,1-3H3,(H,19,23)(H,24,25). The van der Waals surface area contributed by atoms with E-state index in [4.69, 9.17) is 4.74 Å². The molecule has 1 heterocycles. The molecular weight excluding hydrogens is 368 g/mol. The minimum Gasteiger partial charge on any atom is -0.480 e. The van der Waals surface area contributed by atoms with Crippen LogP contribution in [-0.2, 0) is 9.53 Å². The fraction of sp³-hybridized carbons (Fsp3) is 0.389. The molecule has 0 fully saturated rings. The molecule has 1 aromatic heterocycles. The summed E-state index contributed by atoms with van der Waals surface area (Å²) in [6.45, 7) is 5.72. The number of benzene rings is 1. The fourth-order valence-corrected chi connectivity index (χ4v) is 2.31. The van der Waals surface area contributed by atoms with Gasteiger partial charge in [-0.3, -0.25) is 14.9 Å². The summed E-state index contributed by atoms with van der Waals surface area (Å²) < 4.78 is 6.81. The Bertz CT molecular complexity index is 871. The molecule has 0 radical (unpaired) electrons. The fourth-order valence-electron chi connectivity index (χ4n) is 2.31. The average Bonchev–Trinajstić information content (AvgIpc) is 3.10. The van der Waals surface area contributed by atoms with Gasteiger partial charge in [0.2, 0.25) is 0 Å². The van der Waals surface area contributed by atoms with Crippen LogP contribution in [0.1, 0.15) is 37.7 Å². The third-order valence-corrected chi connectivity index (χ3v) is 3.67. The molecule has 0 saturated carbocycles. The first-order valence-corrected chi connectivity index (χ1v) is 8.55. The molecule has 2 N–H and O–H groups in total. The second kappa shape index (κ2) is 8.61. The van der Waals surface area contributed by atoms with E-state index < -0.39 is 28.4 Å². The lowest BCUT2D eigenvalue weighted by Crippen LogP contribution is -2.42. The SMILES string of the molecule is CC(C)(C)OCCC(NC(=O)c1ccn(-c2cccc([N+](=O)[O-])c2)n1)C(=O)O. The van der Waals surface area contributed by atoms with Gasteiger partial charge >= 0.3 is 5.97 Å². The smallest absolute Gasteiger partial charge is 0.326 e. The van der Waals surface area contributed by atoms with E-state index >= 15 is 0 Å². The first-order valence-electron chi connectivity index (χ1n) is 8.55. The number of carboxylic acids is 1. The Balaban J connectivity index is 2.07. The number of hydrogen-bond donors (Lipinski definition) is 2. The summed E-state index contributed by atoms with van der Waals surface area (Å²) in [5.74, 6) is -1.84. The molecule has 0 bridgehead atoms. The highest BCUT2D eigenvalue weighted by molar-refractivity contribution is 5.94. The predicted molar refractivity (Wildman–Crippen MR) is 99.4 cm³/mol. The van der Waals surface area contributed by atoms with Crippen LogP contribution in [0.5, 0.6) is 0 Å². The van der Waals surface area contributed by atoms with Crippen LogP contribution in [0.2, 0.25) is 0 Å². The van der Waals surface area contributed by atoms with Crippen LogP contribution < -0.4 is 5.32 Å². The third kappa shape index (κ3) is 5.88. The van der Waals surface area contributed by atoms with Gasteiger partial charge in [-0.2, -0.15) is 5.10 Å². The molecule has 2 rings (SSSR count). The molecule has 1 atom stereocenters. The Morgan fingerprint density at radius 1 is 1.36 bits per heavy atom. The summed E-state index contributed by atoms with van der Waals surface area (Å²) in [5, 5.41) is 26.7. The van der Waals surface area contributed by atoms with Crippen molar-refractivity contribution in [2.24, 2.45) is 0 Å². The number of nitro benzene ring substituents is 1. The first-order chi connectivity index (χ1) is 13.1. The van der Waals surface area contributed by atoms with Crippen molar-refractivity contribution in [1.29, 1.82) is 0 Å². The van der Waals surface area contributed by atoms with Crippen LogP contribution >= 0.6 is 0 Å². The zero-order valence-corrected chi connectivity index (χ0v) is 15.8. The second-order valence-corrected chi connectivity index (χ2v) is 7.04. The number of ether oxygens (including phenoxy) is 1. The number of non-ortho nitro benzene ring substituents is 1. The lowest BCUT2D eigenvalue weighted by Gasteiger charge is -2.21. The molecule has 2 aromatic rings. The number of rotatable bonds is 8. The average molecular weight is 390 g/mol. The first kappa shape index (κ1) is 21.0.